The van der Waals surface area contributed by atoms with Crippen molar-refractivity contribution in [1.29, 1.82) is 0 Å². The minimum Gasteiger partial charge on any atom is -0.444 e. The molecule has 1 saturated heterocycles. The van der Waals surface area contributed by atoms with E-state index >= 15 is 0 Å². The van der Waals surface area contributed by atoms with Gasteiger partial charge in [0.05, 0.1) is 6.04 Å². The molecule has 1 atom stereocenters. The number of piperidine rings is 1. The Balaban J connectivity index is 2.13. The normalized spacial score (nSPS) is 20.1. The van der Waals surface area contributed by atoms with Crippen molar-refractivity contribution in [3.63, 3.8) is 0 Å². The average Bonchev–Trinajstić information content (AvgIpc) is 2.41. The van der Waals surface area contributed by atoms with Gasteiger partial charge in [-0.15, -0.1) is 0 Å². The maximum absolute atomic E-state index is 12.2. The van der Waals surface area contributed by atoms with Crippen LogP contribution in [0.15, 0.2) is 23.3 Å². The summed E-state index contributed by atoms with van der Waals surface area (Å²) in [5.74, 6) is 0. The maximum atomic E-state index is 12.2. The van der Waals surface area contributed by atoms with Gasteiger partial charge >= 0.3 is 6.09 Å². The lowest BCUT2D eigenvalue weighted by molar-refractivity contribution is 0.0199. The molecule has 2 heterocycles. The number of amides is 1. The molecule has 1 aromatic heterocycles. The first-order chi connectivity index (χ1) is 10.3. The number of hydrogen-bond donors (Lipinski definition) is 1. The van der Waals surface area contributed by atoms with E-state index in [1.54, 1.807) is 17.2 Å². The molecule has 0 saturated carbocycles. The third-order valence-electron chi connectivity index (χ3n) is 3.50. The highest BCUT2D eigenvalue weighted by Crippen LogP contribution is 2.16. The van der Waals surface area contributed by atoms with Crippen molar-refractivity contribution >= 4 is 6.09 Å². The largest absolute Gasteiger partial charge is 0.444 e. The molecule has 0 bridgehead atoms. The van der Waals surface area contributed by atoms with Crippen LogP contribution < -0.4 is 5.49 Å². The highest BCUT2D eigenvalue weighted by molar-refractivity contribution is 5.68. The molecule has 1 N–H and O–H groups in total. The summed E-state index contributed by atoms with van der Waals surface area (Å²) in [6.45, 7) is 8.69. The lowest BCUT2D eigenvalue weighted by atomic mass is 10.1. The lowest BCUT2D eigenvalue weighted by Gasteiger charge is -2.32. The number of rotatable bonds is 1. The van der Waals surface area contributed by atoms with Gasteiger partial charge < -0.3 is 14.8 Å². The monoisotopic (exact) mass is 307 g/mol. The number of aryl methyl sites for hydroxylation is 1. The van der Waals surface area contributed by atoms with Crippen LogP contribution in [0.3, 0.4) is 0 Å². The van der Waals surface area contributed by atoms with E-state index in [0.717, 1.165) is 23.1 Å². The number of hydrogen-bond acceptors (Lipinski definition) is 4. The van der Waals surface area contributed by atoms with Crippen molar-refractivity contribution in [2.45, 2.75) is 52.2 Å². The van der Waals surface area contributed by atoms with E-state index in [2.05, 4.69) is 4.99 Å². The summed E-state index contributed by atoms with van der Waals surface area (Å²) in [6, 6.07) is 3.64. The van der Waals surface area contributed by atoms with E-state index in [4.69, 9.17) is 4.74 Å². The van der Waals surface area contributed by atoms with Crippen LogP contribution in [0.5, 0.6) is 0 Å². The van der Waals surface area contributed by atoms with E-state index in [1.165, 1.54) is 0 Å². The number of ether oxygens (including phenoxy) is 1. The van der Waals surface area contributed by atoms with Gasteiger partial charge in [0, 0.05) is 19.3 Å². The van der Waals surface area contributed by atoms with Gasteiger partial charge in [-0.1, -0.05) is 6.07 Å². The maximum Gasteiger partial charge on any atom is 0.410 e. The van der Waals surface area contributed by atoms with Crippen molar-refractivity contribution in [2.24, 2.45) is 4.99 Å². The van der Waals surface area contributed by atoms with E-state index in [-0.39, 0.29) is 12.1 Å². The third-order valence-corrected chi connectivity index (χ3v) is 3.50. The molecule has 0 radical (unpaired) electrons. The molecule has 0 aliphatic carbocycles. The highest BCUT2D eigenvalue weighted by Gasteiger charge is 2.27. The van der Waals surface area contributed by atoms with E-state index < -0.39 is 5.60 Å². The minimum atomic E-state index is -0.495. The third kappa shape index (κ3) is 4.26. The summed E-state index contributed by atoms with van der Waals surface area (Å²) < 4.78 is 6.44. The van der Waals surface area contributed by atoms with Crippen LogP contribution in [0, 0.1) is 6.92 Å². The lowest BCUT2D eigenvalue weighted by Crippen LogP contribution is -2.45. The summed E-state index contributed by atoms with van der Waals surface area (Å²) in [5, 5.41) is 9.87. The molecule has 1 amide bonds. The Hall–Kier alpha value is -1.98. The fourth-order valence-electron chi connectivity index (χ4n) is 2.48. The number of nitrogens with zero attached hydrogens (tertiary/aromatic N) is 3. The number of pyridine rings is 1. The molecule has 6 heteroatoms. The number of likely N-dealkylation sites (tertiary alicyclic amines) is 1. The predicted octanol–water partition coefficient (Wildman–Crippen LogP) is 2.33. The van der Waals surface area contributed by atoms with Gasteiger partial charge in [-0.25, -0.2) is 4.79 Å². The van der Waals surface area contributed by atoms with E-state index in [0.29, 0.717) is 18.6 Å². The van der Waals surface area contributed by atoms with Crippen molar-refractivity contribution < 1.29 is 14.7 Å². The first kappa shape index (κ1) is 16.4. The Morgan fingerprint density at radius 2 is 2.18 bits per heavy atom. The number of carbonyl (C=O) groups is 1. The zero-order chi connectivity index (χ0) is 16.3. The van der Waals surface area contributed by atoms with Gasteiger partial charge in [-0.05, 0) is 52.2 Å². The molecule has 1 fully saturated rings. The summed E-state index contributed by atoms with van der Waals surface area (Å²) in [5.41, 5.74) is 0.948. The second kappa shape index (κ2) is 6.42. The molecule has 0 unspecified atom stereocenters. The van der Waals surface area contributed by atoms with Gasteiger partial charge in [-0.2, -0.15) is 4.73 Å². The Bertz CT molecular complexity index is 578. The first-order valence-electron chi connectivity index (χ1n) is 7.65. The Kier molecular flexibility index (Phi) is 4.78. The van der Waals surface area contributed by atoms with Gasteiger partial charge in [0.2, 0.25) is 0 Å². The van der Waals surface area contributed by atoms with E-state index in [1.807, 2.05) is 33.8 Å². The second-order valence-electron chi connectivity index (χ2n) is 6.71. The van der Waals surface area contributed by atoms with Gasteiger partial charge in [0.15, 0.2) is 5.49 Å². The quantitative estimate of drug-likeness (QED) is 0.810. The first-order valence-corrected chi connectivity index (χ1v) is 7.65. The van der Waals surface area contributed by atoms with Crippen molar-refractivity contribution in [2.75, 3.05) is 13.1 Å². The zero-order valence-corrected chi connectivity index (χ0v) is 13.7. The van der Waals surface area contributed by atoms with Crippen molar-refractivity contribution in [1.82, 2.24) is 9.63 Å². The Morgan fingerprint density at radius 1 is 1.45 bits per heavy atom. The van der Waals surface area contributed by atoms with Crippen LogP contribution in [0.2, 0.25) is 0 Å². The molecule has 1 aliphatic rings. The van der Waals surface area contributed by atoms with Gasteiger partial charge in [0.1, 0.15) is 5.60 Å². The zero-order valence-electron chi connectivity index (χ0n) is 13.7. The molecule has 122 valence electrons. The van der Waals surface area contributed by atoms with Crippen molar-refractivity contribution in [3.8, 4) is 0 Å². The SMILES string of the molecule is Cc1cccn(O)c1=N[C@@H]1CCCN(C(=O)OC(C)(C)C)C1. The smallest absolute Gasteiger partial charge is 0.410 e. The predicted molar refractivity (Wildman–Crippen MR) is 82.7 cm³/mol. The van der Waals surface area contributed by atoms with Crippen LogP contribution in [0.4, 0.5) is 4.79 Å². The standard InChI is InChI=1S/C16H25N3O3/c1-12-7-5-10-19(21)14(12)17-13-8-6-9-18(11-13)15(20)22-16(2,3)4/h5,7,10,13,21H,6,8-9,11H2,1-4H3/t13-/m1/s1. The molecular formula is C16H25N3O3. The molecule has 2 rings (SSSR count). The molecule has 0 aromatic carbocycles. The highest BCUT2D eigenvalue weighted by atomic mass is 16.6. The average molecular weight is 307 g/mol. The van der Waals surface area contributed by atoms with E-state index in [9.17, 15) is 10.0 Å². The number of carbonyl (C=O) groups excluding carboxylic acids is 1. The molecule has 6 nitrogen and oxygen atoms in total. The second-order valence-corrected chi connectivity index (χ2v) is 6.71. The Morgan fingerprint density at radius 3 is 2.82 bits per heavy atom. The van der Waals surface area contributed by atoms with Gasteiger partial charge in [-0.3, -0.25) is 4.99 Å². The van der Waals surface area contributed by atoms with Crippen LogP contribution in [0.1, 0.15) is 39.2 Å². The Labute approximate surface area is 131 Å². The van der Waals surface area contributed by atoms with Crippen LogP contribution in [-0.2, 0) is 4.74 Å². The number of aromatic nitrogens is 1. The topological polar surface area (TPSA) is 67.1 Å². The molecule has 22 heavy (non-hydrogen) atoms. The fraction of sp³-hybridized carbons (Fsp3) is 0.625. The summed E-state index contributed by atoms with van der Waals surface area (Å²) in [7, 11) is 0. The van der Waals surface area contributed by atoms with Gasteiger partial charge in [0.25, 0.3) is 0 Å². The summed E-state index contributed by atoms with van der Waals surface area (Å²) in [4.78, 5) is 18.5. The minimum absolute atomic E-state index is 0.0271. The van der Waals surface area contributed by atoms with Crippen LogP contribution >= 0.6 is 0 Å². The molecule has 0 spiro atoms. The summed E-state index contributed by atoms with van der Waals surface area (Å²) in [6.07, 6.45) is 3.03. The molecule has 1 aliphatic heterocycles. The summed E-state index contributed by atoms with van der Waals surface area (Å²) >= 11 is 0. The molecular weight excluding hydrogens is 282 g/mol. The van der Waals surface area contributed by atoms with Crippen molar-refractivity contribution in [3.05, 3.63) is 29.4 Å². The van der Waals surface area contributed by atoms with Crippen LogP contribution in [-0.4, -0.2) is 45.7 Å². The molecule has 1 aromatic rings. The fourth-order valence-corrected chi connectivity index (χ4v) is 2.48. The van der Waals surface area contributed by atoms with Crippen LogP contribution in [0.25, 0.3) is 0 Å².